The Hall–Kier alpha value is -2.95. The minimum atomic E-state index is -0.457. The first-order chi connectivity index (χ1) is 11.0. The number of likely N-dealkylation sites (N-methyl/N-ethyl adjacent to an activating group) is 1. The van der Waals surface area contributed by atoms with Crippen molar-refractivity contribution in [1.29, 1.82) is 0 Å². The molecule has 5 nitrogen and oxygen atoms in total. The normalized spacial score (nSPS) is 10.7. The first kappa shape index (κ1) is 16.4. The van der Waals surface area contributed by atoms with E-state index in [2.05, 4.69) is 0 Å². The van der Waals surface area contributed by atoms with Gasteiger partial charge in [-0.05, 0) is 30.2 Å². The zero-order valence-corrected chi connectivity index (χ0v) is 13.1. The van der Waals surface area contributed by atoms with Crippen molar-refractivity contribution in [3.63, 3.8) is 0 Å². The Morgan fingerprint density at radius 1 is 1.17 bits per heavy atom. The van der Waals surface area contributed by atoms with Crippen LogP contribution in [0.15, 0.2) is 54.6 Å². The van der Waals surface area contributed by atoms with E-state index in [9.17, 15) is 14.9 Å². The molecule has 0 bridgehead atoms. The van der Waals surface area contributed by atoms with Gasteiger partial charge in [-0.1, -0.05) is 36.4 Å². The van der Waals surface area contributed by atoms with E-state index in [1.54, 1.807) is 30.1 Å². The van der Waals surface area contributed by atoms with Crippen LogP contribution in [0.4, 0.5) is 5.69 Å². The molecule has 0 aliphatic rings. The molecule has 1 amide bonds. The summed E-state index contributed by atoms with van der Waals surface area (Å²) in [5.74, 6) is -0.202. The van der Waals surface area contributed by atoms with Crippen molar-refractivity contribution in [3.8, 4) is 0 Å². The van der Waals surface area contributed by atoms with Gasteiger partial charge in [0.15, 0.2) is 0 Å². The first-order valence-electron chi connectivity index (χ1n) is 7.20. The summed E-state index contributed by atoms with van der Waals surface area (Å²) in [5, 5.41) is 11.0. The summed E-state index contributed by atoms with van der Waals surface area (Å²) in [7, 11) is 1.71. The average molecular weight is 310 g/mol. The molecular weight excluding hydrogens is 292 g/mol. The number of nitro benzene ring substituents is 1. The van der Waals surface area contributed by atoms with E-state index in [4.69, 9.17) is 0 Å². The van der Waals surface area contributed by atoms with E-state index >= 15 is 0 Å². The van der Waals surface area contributed by atoms with Crippen molar-refractivity contribution in [2.75, 3.05) is 7.05 Å². The van der Waals surface area contributed by atoms with E-state index in [0.717, 1.165) is 11.1 Å². The highest BCUT2D eigenvalue weighted by Gasteiger charge is 2.11. The number of rotatable bonds is 5. The Bertz CT molecular complexity index is 753. The second-order valence-electron chi connectivity index (χ2n) is 5.27. The number of carbonyl (C=O) groups is 1. The second-order valence-corrected chi connectivity index (χ2v) is 5.27. The van der Waals surface area contributed by atoms with E-state index < -0.39 is 4.92 Å². The molecular formula is C18H18N2O3. The summed E-state index contributed by atoms with van der Waals surface area (Å²) in [6.07, 6.45) is 2.84. The third-order valence-electron chi connectivity index (χ3n) is 3.58. The van der Waals surface area contributed by atoms with Gasteiger partial charge in [0.05, 0.1) is 10.5 Å². The van der Waals surface area contributed by atoms with Gasteiger partial charge in [-0.25, -0.2) is 0 Å². The summed E-state index contributed by atoms with van der Waals surface area (Å²) in [6, 6.07) is 14.2. The lowest BCUT2D eigenvalue weighted by Crippen LogP contribution is -2.24. The number of hydrogen-bond acceptors (Lipinski definition) is 3. The average Bonchev–Trinajstić information content (AvgIpc) is 2.54. The molecule has 2 aromatic carbocycles. The van der Waals surface area contributed by atoms with Crippen molar-refractivity contribution in [2.24, 2.45) is 0 Å². The number of para-hydroxylation sites is 1. The highest BCUT2D eigenvalue weighted by molar-refractivity contribution is 5.92. The molecule has 0 unspecified atom stereocenters. The Balaban J connectivity index is 2.10. The van der Waals surface area contributed by atoms with Crippen LogP contribution < -0.4 is 0 Å². The maximum atomic E-state index is 12.2. The van der Waals surface area contributed by atoms with Crippen molar-refractivity contribution in [2.45, 2.75) is 13.5 Å². The number of amides is 1. The predicted molar refractivity (Wildman–Crippen MR) is 89.8 cm³/mol. The van der Waals surface area contributed by atoms with Crippen LogP contribution in [-0.4, -0.2) is 22.8 Å². The van der Waals surface area contributed by atoms with Crippen molar-refractivity contribution < 1.29 is 9.72 Å². The smallest absolute Gasteiger partial charge is 0.276 e. The second kappa shape index (κ2) is 7.35. The molecule has 0 N–H and O–H groups in total. The van der Waals surface area contributed by atoms with Gasteiger partial charge in [0, 0.05) is 25.7 Å². The van der Waals surface area contributed by atoms with E-state index in [1.165, 1.54) is 18.2 Å². The lowest BCUT2D eigenvalue weighted by Gasteiger charge is -2.16. The molecule has 0 heterocycles. The molecule has 2 aromatic rings. The number of hydrogen-bond donors (Lipinski definition) is 0. The minimum Gasteiger partial charge on any atom is -0.338 e. The van der Waals surface area contributed by atoms with Crippen LogP contribution in [0.25, 0.3) is 6.08 Å². The number of nitro groups is 1. The topological polar surface area (TPSA) is 63.5 Å². The number of nitrogens with zero attached hydrogens (tertiary/aromatic N) is 2. The fourth-order valence-corrected chi connectivity index (χ4v) is 2.20. The monoisotopic (exact) mass is 310 g/mol. The fraction of sp³-hybridized carbons (Fsp3) is 0.167. The van der Waals surface area contributed by atoms with Gasteiger partial charge < -0.3 is 4.90 Å². The summed E-state index contributed by atoms with van der Waals surface area (Å²) in [5.41, 5.74) is 2.59. The van der Waals surface area contributed by atoms with Crippen LogP contribution in [0.3, 0.4) is 0 Å². The Labute approximate surface area is 135 Å². The van der Waals surface area contributed by atoms with Crippen LogP contribution in [0.1, 0.15) is 16.7 Å². The predicted octanol–water partition coefficient (Wildman–Crippen LogP) is 3.58. The Kier molecular flexibility index (Phi) is 5.25. The summed E-state index contributed by atoms with van der Waals surface area (Å²) in [6.45, 7) is 2.49. The molecule has 0 atom stereocenters. The van der Waals surface area contributed by atoms with Gasteiger partial charge in [-0.15, -0.1) is 0 Å². The van der Waals surface area contributed by atoms with Gasteiger partial charge in [0.2, 0.25) is 5.91 Å². The standard InChI is InChI=1S/C18H18N2O3/c1-14-7-3-4-9-16(14)13-19(2)18(21)12-11-15-8-5-6-10-17(15)20(22)23/h3-12H,13H2,1-2H3/b12-11+. The van der Waals surface area contributed by atoms with Crippen LogP contribution in [0.2, 0.25) is 0 Å². The quantitative estimate of drug-likeness (QED) is 0.482. The van der Waals surface area contributed by atoms with Crippen LogP contribution in [0.5, 0.6) is 0 Å². The molecule has 0 saturated carbocycles. The Morgan fingerprint density at radius 3 is 2.52 bits per heavy atom. The van der Waals surface area contributed by atoms with E-state index in [0.29, 0.717) is 12.1 Å². The molecule has 0 fully saturated rings. The number of carbonyl (C=O) groups excluding carboxylic acids is 1. The maximum Gasteiger partial charge on any atom is 0.276 e. The first-order valence-corrected chi connectivity index (χ1v) is 7.20. The highest BCUT2D eigenvalue weighted by atomic mass is 16.6. The molecule has 0 radical (unpaired) electrons. The number of benzene rings is 2. The van der Waals surface area contributed by atoms with Gasteiger partial charge in [-0.2, -0.15) is 0 Å². The maximum absolute atomic E-state index is 12.2. The summed E-state index contributed by atoms with van der Waals surface area (Å²) >= 11 is 0. The van der Waals surface area contributed by atoms with E-state index in [-0.39, 0.29) is 11.6 Å². The molecule has 118 valence electrons. The van der Waals surface area contributed by atoms with Crippen molar-refractivity contribution >= 4 is 17.7 Å². The van der Waals surface area contributed by atoms with Crippen molar-refractivity contribution in [3.05, 3.63) is 81.4 Å². The van der Waals surface area contributed by atoms with Gasteiger partial charge >= 0.3 is 0 Å². The Morgan fingerprint density at radius 2 is 1.83 bits per heavy atom. The van der Waals surface area contributed by atoms with Crippen LogP contribution >= 0.6 is 0 Å². The third-order valence-corrected chi connectivity index (χ3v) is 3.58. The minimum absolute atomic E-state index is 0.0156. The summed E-state index contributed by atoms with van der Waals surface area (Å²) in [4.78, 5) is 24.3. The molecule has 23 heavy (non-hydrogen) atoms. The highest BCUT2D eigenvalue weighted by Crippen LogP contribution is 2.19. The molecule has 0 aromatic heterocycles. The molecule has 0 spiro atoms. The molecule has 0 aliphatic carbocycles. The van der Waals surface area contributed by atoms with E-state index in [1.807, 2.05) is 31.2 Å². The van der Waals surface area contributed by atoms with Gasteiger partial charge in [0.25, 0.3) is 5.69 Å². The lowest BCUT2D eigenvalue weighted by molar-refractivity contribution is -0.385. The number of aryl methyl sites for hydroxylation is 1. The SMILES string of the molecule is Cc1ccccc1CN(C)C(=O)/C=C/c1ccccc1[N+](=O)[O-]. The zero-order chi connectivity index (χ0) is 16.8. The molecule has 2 rings (SSSR count). The van der Waals surface area contributed by atoms with Crippen LogP contribution in [0, 0.1) is 17.0 Å². The molecule has 0 saturated heterocycles. The zero-order valence-electron chi connectivity index (χ0n) is 13.1. The van der Waals surface area contributed by atoms with Crippen molar-refractivity contribution in [1.82, 2.24) is 4.90 Å². The van der Waals surface area contributed by atoms with Crippen LogP contribution in [-0.2, 0) is 11.3 Å². The lowest BCUT2D eigenvalue weighted by atomic mass is 10.1. The van der Waals surface area contributed by atoms with Gasteiger partial charge in [0.1, 0.15) is 0 Å². The van der Waals surface area contributed by atoms with Gasteiger partial charge in [-0.3, -0.25) is 14.9 Å². The summed E-state index contributed by atoms with van der Waals surface area (Å²) < 4.78 is 0. The fourth-order valence-electron chi connectivity index (χ4n) is 2.20. The molecule has 0 aliphatic heterocycles. The largest absolute Gasteiger partial charge is 0.338 e. The molecule has 5 heteroatoms. The third kappa shape index (κ3) is 4.26.